The van der Waals surface area contributed by atoms with E-state index in [1.165, 1.54) is 0 Å². The molecular formula is C3ClF4KO2. The average molecular weight is 219 g/mol. The average Bonchev–Trinajstić information content (AvgIpc) is 1.62. The Morgan fingerprint density at radius 3 is 1.55 bits per heavy atom. The van der Waals surface area contributed by atoms with Gasteiger partial charge in [-0.25, -0.2) is 0 Å². The van der Waals surface area contributed by atoms with E-state index in [0.717, 1.165) is 0 Å². The molecule has 0 bridgehead atoms. The van der Waals surface area contributed by atoms with Crippen molar-refractivity contribution < 1.29 is 78.8 Å². The maximum atomic E-state index is 11.5. The molecule has 0 heterocycles. The van der Waals surface area contributed by atoms with Crippen LogP contribution in [-0.2, 0) is 4.79 Å². The molecule has 0 spiro atoms. The number of carboxylic acid groups (broad SMARTS) is 1. The zero-order valence-electron chi connectivity index (χ0n) is 5.21. The van der Waals surface area contributed by atoms with Crippen LogP contribution in [0.1, 0.15) is 0 Å². The molecule has 8 heteroatoms. The predicted octanol–water partition coefficient (Wildman–Crippen LogP) is -2.79. The number of halogens is 5. The van der Waals surface area contributed by atoms with Gasteiger partial charge in [0.05, 0.1) is 0 Å². The Morgan fingerprint density at radius 1 is 1.27 bits per heavy atom. The van der Waals surface area contributed by atoms with Crippen LogP contribution in [0, 0.1) is 0 Å². The normalized spacial score (nSPS) is 12.1. The number of rotatable bonds is 2. The van der Waals surface area contributed by atoms with E-state index in [0.29, 0.717) is 0 Å². The number of hydrogen-bond donors (Lipinski definition) is 0. The Hall–Kier alpha value is 1.12. The number of hydrogen-bond acceptors (Lipinski definition) is 2. The molecule has 0 rings (SSSR count). The van der Waals surface area contributed by atoms with Gasteiger partial charge in [0.15, 0.2) is 0 Å². The van der Waals surface area contributed by atoms with Crippen LogP contribution in [0.5, 0.6) is 0 Å². The standard InChI is InChI=1S/C3HClF4O2.K/c4-3(7,8)2(5,6)1(9)10;/h(H,9,10);/q;+1/p-1. The van der Waals surface area contributed by atoms with Gasteiger partial charge in [0.1, 0.15) is 5.97 Å². The van der Waals surface area contributed by atoms with E-state index in [1.807, 2.05) is 0 Å². The summed E-state index contributed by atoms with van der Waals surface area (Å²) in [5, 5.41) is 4.14. The van der Waals surface area contributed by atoms with E-state index in [4.69, 9.17) is 0 Å². The Kier molecular flexibility index (Phi) is 5.83. The molecule has 0 saturated heterocycles. The Bertz CT molecular complexity index is 156. The summed E-state index contributed by atoms with van der Waals surface area (Å²) in [5.74, 6) is -8.53. The predicted molar refractivity (Wildman–Crippen MR) is 20.8 cm³/mol. The summed E-state index contributed by atoms with van der Waals surface area (Å²) in [4.78, 5) is 9.24. The van der Waals surface area contributed by atoms with Gasteiger partial charge in [-0.15, -0.1) is 0 Å². The van der Waals surface area contributed by atoms with Gasteiger partial charge in [0, 0.05) is 0 Å². The zero-order chi connectivity index (χ0) is 8.58. The summed E-state index contributed by atoms with van der Waals surface area (Å²) in [7, 11) is 0. The van der Waals surface area contributed by atoms with Crippen molar-refractivity contribution in [3.8, 4) is 0 Å². The second-order valence-electron chi connectivity index (χ2n) is 1.36. The molecule has 0 N–H and O–H groups in total. The first-order chi connectivity index (χ1) is 4.19. The Morgan fingerprint density at radius 2 is 1.55 bits per heavy atom. The largest absolute Gasteiger partial charge is 1.00 e. The van der Waals surface area contributed by atoms with E-state index in [9.17, 15) is 27.5 Å². The topological polar surface area (TPSA) is 40.1 Å². The molecular weight excluding hydrogens is 219 g/mol. The quantitative estimate of drug-likeness (QED) is 0.286. The van der Waals surface area contributed by atoms with Gasteiger partial charge in [-0.2, -0.15) is 17.6 Å². The van der Waals surface area contributed by atoms with Crippen molar-refractivity contribution in [3.63, 3.8) is 0 Å². The van der Waals surface area contributed by atoms with E-state index < -0.39 is 17.3 Å². The fraction of sp³-hybridized carbons (Fsp3) is 0.667. The third-order valence-corrected chi connectivity index (χ3v) is 0.850. The molecule has 0 amide bonds. The molecule has 60 valence electrons. The minimum atomic E-state index is -5.32. The maximum Gasteiger partial charge on any atom is 1.00 e. The number of alkyl halides is 5. The summed E-state index contributed by atoms with van der Waals surface area (Å²) in [6.07, 6.45) is 0. The third kappa shape index (κ3) is 3.56. The van der Waals surface area contributed by atoms with Crippen molar-refractivity contribution in [1.29, 1.82) is 0 Å². The van der Waals surface area contributed by atoms with E-state index in [2.05, 4.69) is 11.6 Å². The minimum Gasteiger partial charge on any atom is -0.544 e. The van der Waals surface area contributed by atoms with Crippen molar-refractivity contribution in [2.24, 2.45) is 0 Å². The van der Waals surface area contributed by atoms with Gasteiger partial charge in [0.25, 0.3) is 0 Å². The number of carbonyl (C=O) groups is 1. The number of carboxylic acids is 1. The van der Waals surface area contributed by atoms with E-state index in [-0.39, 0.29) is 51.4 Å². The summed E-state index contributed by atoms with van der Waals surface area (Å²) in [6, 6.07) is 0. The molecule has 0 aromatic rings. The second kappa shape index (κ2) is 4.38. The van der Waals surface area contributed by atoms with Crippen LogP contribution in [0.15, 0.2) is 0 Å². The molecule has 2 nitrogen and oxygen atoms in total. The van der Waals surface area contributed by atoms with Gasteiger partial charge in [0.2, 0.25) is 0 Å². The molecule has 0 unspecified atom stereocenters. The Labute approximate surface area is 106 Å². The smallest absolute Gasteiger partial charge is 0.544 e. The van der Waals surface area contributed by atoms with Crippen LogP contribution in [0.25, 0.3) is 0 Å². The summed E-state index contributed by atoms with van der Waals surface area (Å²) in [5.41, 5.74) is 0. The van der Waals surface area contributed by atoms with Gasteiger partial charge >= 0.3 is 62.7 Å². The van der Waals surface area contributed by atoms with Crippen molar-refractivity contribution in [2.75, 3.05) is 0 Å². The van der Waals surface area contributed by atoms with Crippen molar-refractivity contribution in [1.82, 2.24) is 0 Å². The van der Waals surface area contributed by atoms with Crippen molar-refractivity contribution >= 4 is 17.6 Å². The monoisotopic (exact) mass is 218 g/mol. The zero-order valence-corrected chi connectivity index (χ0v) is 9.09. The Balaban J connectivity index is 0. The minimum absolute atomic E-state index is 0. The molecule has 11 heavy (non-hydrogen) atoms. The third-order valence-electron chi connectivity index (χ3n) is 0.612. The molecule has 0 saturated carbocycles. The second-order valence-corrected chi connectivity index (χ2v) is 1.83. The van der Waals surface area contributed by atoms with Gasteiger partial charge in [-0.05, 0) is 11.6 Å². The summed E-state index contributed by atoms with van der Waals surface area (Å²) < 4.78 is 45.7. The number of carbonyl (C=O) groups excluding carboxylic acids is 1. The fourth-order valence-electron chi connectivity index (χ4n) is 0.116. The molecule has 0 fully saturated rings. The van der Waals surface area contributed by atoms with Crippen LogP contribution >= 0.6 is 11.6 Å². The van der Waals surface area contributed by atoms with Crippen LogP contribution in [-0.4, -0.2) is 17.3 Å². The van der Waals surface area contributed by atoms with Crippen molar-refractivity contribution in [2.45, 2.75) is 11.3 Å². The van der Waals surface area contributed by atoms with E-state index in [1.54, 1.807) is 0 Å². The van der Waals surface area contributed by atoms with Gasteiger partial charge < -0.3 is 9.90 Å². The van der Waals surface area contributed by atoms with Gasteiger partial charge in [-0.3, -0.25) is 0 Å². The SMILES string of the molecule is O=C([O-])C(F)(F)C(F)(F)Cl.[K+]. The molecule has 0 aromatic heterocycles. The summed E-state index contributed by atoms with van der Waals surface area (Å²) >= 11 is 3.72. The van der Waals surface area contributed by atoms with Crippen LogP contribution in [0.2, 0.25) is 0 Å². The molecule has 0 aromatic carbocycles. The molecule has 0 atom stereocenters. The molecule has 0 aliphatic heterocycles. The van der Waals surface area contributed by atoms with Gasteiger partial charge in [-0.1, -0.05) is 0 Å². The molecule has 0 radical (unpaired) electrons. The first-order valence-electron chi connectivity index (χ1n) is 1.85. The van der Waals surface area contributed by atoms with E-state index >= 15 is 0 Å². The van der Waals surface area contributed by atoms with Crippen LogP contribution < -0.4 is 56.5 Å². The summed E-state index contributed by atoms with van der Waals surface area (Å²) in [6.45, 7) is 0. The first kappa shape index (κ1) is 14.6. The number of aliphatic carboxylic acids is 1. The maximum absolute atomic E-state index is 11.5. The molecule has 0 aliphatic rings. The fourth-order valence-corrected chi connectivity index (χ4v) is 0.193. The molecule has 0 aliphatic carbocycles. The first-order valence-corrected chi connectivity index (χ1v) is 2.23. The van der Waals surface area contributed by atoms with Crippen LogP contribution in [0.4, 0.5) is 17.6 Å². The van der Waals surface area contributed by atoms with Crippen LogP contribution in [0.3, 0.4) is 0 Å². The van der Waals surface area contributed by atoms with Crippen molar-refractivity contribution in [3.05, 3.63) is 0 Å².